The van der Waals surface area contributed by atoms with Crippen LogP contribution in [-0.4, -0.2) is 9.97 Å². The Labute approximate surface area is 109 Å². The molecular formula is C15H21N3. The molecule has 1 aromatic heterocycles. The number of benzene rings is 1. The van der Waals surface area contributed by atoms with Crippen LogP contribution in [0.2, 0.25) is 0 Å². The molecule has 0 spiro atoms. The van der Waals surface area contributed by atoms with Gasteiger partial charge in [0.2, 0.25) is 5.95 Å². The third-order valence-electron chi connectivity index (χ3n) is 2.27. The van der Waals surface area contributed by atoms with Gasteiger partial charge < -0.3 is 5.32 Å². The van der Waals surface area contributed by atoms with Crippen LogP contribution in [0.1, 0.15) is 30.7 Å². The fourth-order valence-electron chi connectivity index (χ4n) is 1.69. The molecule has 2 rings (SSSR count). The van der Waals surface area contributed by atoms with Gasteiger partial charge in [0.05, 0.1) is 0 Å². The third-order valence-corrected chi connectivity index (χ3v) is 2.27. The van der Waals surface area contributed by atoms with E-state index in [0.29, 0.717) is 5.95 Å². The number of rotatable bonds is 2. The minimum atomic E-state index is 0.644. The number of aryl methyl sites for hydroxylation is 3. The first-order valence-electron chi connectivity index (χ1n) is 6.28. The molecule has 18 heavy (non-hydrogen) atoms. The Morgan fingerprint density at radius 1 is 0.944 bits per heavy atom. The highest BCUT2D eigenvalue weighted by molar-refractivity contribution is 5.55. The highest BCUT2D eigenvalue weighted by Gasteiger charge is 1.99. The van der Waals surface area contributed by atoms with Gasteiger partial charge in [0.1, 0.15) is 0 Å². The Balaban J connectivity index is 0.000000771. The van der Waals surface area contributed by atoms with E-state index >= 15 is 0 Å². The van der Waals surface area contributed by atoms with Crippen molar-refractivity contribution in [2.45, 2.75) is 34.6 Å². The van der Waals surface area contributed by atoms with E-state index in [1.807, 2.05) is 26.8 Å². The van der Waals surface area contributed by atoms with E-state index in [9.17, 15) is 0 Å². The zero-order chi connectivity index (χ0) is 13.5. The molecule has 0 amide bonds. The zero-order valence-electron chi connectivity index (χ0n) is 11.8. The molecule has 3 heteroatoms. The number of nitrogens with zero attached hydrogens (tertiary/aromatic N) is 2. The van der Waals surface area contributed by atoms with Crippen molar-refractivity contribution in [1.82, 2.24) is 9.97 Å². The second kappa shape index (κ2) is 6.74. The van der Waals surface area contributed by atoms with Crippen molar-refractivity contribution in [3.05, 3.63) is 47.3 Å². The van der Waals surface area contributed by atoms with Crippen LogP contribution in [-0.2, 0) is 0 Å². The SMILES string of the molecule is CC.Cc1cc(C)cc(Nc2nccc(C)n2)c1. The van der Waals surface area contributed by atoms with Gasteiger partial charge in [0.15, 0.2) is 0 Å². The molecule has 0 aliphatic rings. The van der Waals surface area contributed by atoms with E-state index in [0.717, 1.165) is 11.4 Å². The van der Waals surface area contributed by atoms with Crippen LogP contribution in [0.4, 0.5) is 11.6 Å². The van der Waals surface area contributed by atoms with Crippen LogP contribution in [0.15, 0.2) is 30.5 Å². The molecule has 0 saturated carbocycles. The average Bonchev–Trinajstić information content (AvgIpc) is 2.30. The zero-order valence-corrected chi connectivity index (χ0v) is 11.8. The fourth-order valence-corrected chi connectivity index (χ4v) is 1.69. The van der Waals surface area contributed by atoms with Crippen LogP contribution in [0.3, 0.4) is 0 Å². The molecule has 1 N–H and O–H groups in total. The van der Waals surface area contributed by atoms with E-state index in [2.05, 4.69) is 47.3 Å². The number of hydrogen-bond acceptors (Lipinski definition) is 3. The van der Waals surface area contributed by atoms with E-state index < -0.39 is 0 Å². The monoisotopic (exact) mass is 243 g/mol. The van der Waals surface area contributed by atoms with E-state index in [1.165, 1.54) is 11.1 Å². The number of anilines is 2. The molecule has 0 aliphatic carbocycles. The van der Waals surface area contributed by atoms with Crippen molar-refractivity contribution in [3.8, 4) is 0 Å². The summed E-state index contributed by atoms with van der Waals surface area (Å²) >= 11 is 0. The number of aromatic nitrogens is 2. The molecule has 0 fully saturated rings. The lowest BCUT2D eigenvalue weighted by molar-refractivity contribution is 1.10. The molecular weight excluding hydrogens is 222 g/mol. The maximum atomic E-state index is 4.31. The number of nitrogens with one attached hydrogen (secondary N) is 1. The summed E-state index contributed by atoms with van der Waals surface area (Å²) in [4.78, 5) is 8.48. The first kappa shape index (κ1) is 14.2. The predicted octanol–water partition coefficient (Wildman–Crippen LogP) is 4.17. The molecule has 0 aliphatic heterocycles. The Morgan fingerprint density at radius 3 is 2.11 bits per heavy atom. The fraction of sp³-hybridized carbons (Fsp3) is 0.333. The van der Waals surface area contributed by atoms with Crippen LogP contribution < -0.4 is 5.32 Å². The average molecular weight is 243 g/mol. The maximum Gasteiger partial charge on any atom is 0.227 e. The van der Waals surface area contributed by atoms with Gasteiger partial charge in [-0.25, -0.2) is 9.97 Å². The summed E-state index contributed by atoms with van der Waals surface area (Å²) in [6, 6.07) is 8.19. The van der Waals surface area contributed by atoms with Gasteiger partial charge in [-0.3, -0.25) is 0 Å². The largest absolute Gasteiger partial charge is 0.324 e. The molecule has 0 bridgehead atoms. The predicted molar refractivity (Wildman–Crippen MR) is 77.3 cm³/mol. The standard InChI is InChI=1S/C13H15N3.C2H6/c1-9-6-10(2)8-12(7-9)16-13-14-5-4-11(3)15-13;1-2/h4-8H,1-3H3,(H,14,15,16);1-2H3. The lowest BCUT2D eigenvalue weighted by Gasteiger charge is -2.07. The summed E-state index contributed by atoms with van der Waals surface area (Å²) in [5.41, 5.74) is 4.45. The molecule has 0 unspecified atom stereocenters. The Morgan fingerprint density at radius 2 is 1.56 bits per heavy atom. The smallest absolute Gasteiger partial charge is 0.227 e. The summed E-state index contributed by atoms with van der Waals surface area (Å²) < 4.78 is 0. The summed E-state index contributed by atoms with van der Waals surface area (Å²) in [6.45, 7) is 10.1. The van der Waals surface area contributed by atoms with Crippen LogP contribution in [0.5, 0.6) is 0 Å². The maximum absolute atomic E-state index is 4.31. The van der Waals surface area contributed by atoms with E-state index in [4.69, 9.17) is 0 Å². The molecule has 2 aromatic rings. The van der Waals surface area contributed by atoms with Gasteiger partial charge in [0, 0.05) is 17.6 Å². The quantitative estimate of drug-likeness (QED) is 0.860. The van der Waals surface area contributed by atoms with Crippen molar-refractivity contribution in [3.63, 3.8) is 0 Å². The van der Waals surface area contributed by atoms with Gasteiger partial charge in [-0.1, -0.05) is 19.9 Å². The second-order valence-corrected chi connectivity index (χ2v) is 4.02. The van der Waals surface area contributed by atoms with Crippen molar-refractivity contribution < 1.29 is 0 Å². The summed E-state index contributed by atoms with van der Waals surface area (Å²) in [5, 5.41) is 3.20. The summed E-state index contributed by atoms with van der Waals surface area (Å²) in [5.74, 6) is 0.644. The van der Waals surface area contributed by atoms with Crippen molar-refractivity contribution in [1.29, 1.82) is 0 Å². The molecule has 96 valence electrons. The highest BCUT2D eigenvalue weighted by atomic mass is 15.1. The Kier molecular flexibility index (Phi) is 5.31. The minimum Gasteiger partial charge on any atom is -0.324 e. The van der Waals surface area contributed by atoms with Crippen molar-refractivity contribution in [2.24, 2.45) is 0 Å². The molecule has 0 radical (unpaired) electrons. The van der Waals surface area contributed by atoms with Gasteiger partial charge in [-0.15, -0.1) is 0 Å². The van der Waals surface area contributed by atoms with Crippen LogP contribution >= 0.6 is 0 Å². The topological polar surface area (TPSA) is 37.8 Å². The molecule has 1 heterocycles. The summed E-state index contributed by atoms with van der Waals surface area (Å²) in [6.07, 6.45) is 1.76. The Bertz CT molecular complexity index is 487. The van der Waals surface area contributed by atoms with Crippen LogP contribution in [0, 0.1) is 20.8 Å². The summed E-state index contributed by atoms with van der Waals surface area (Å²) in [7, 11) is 0. The molecule has 0 saturated heterocycles. The van der Waals surface area contributed by atoms with Crippen molar-refractivity contribution >= 4 is 11.6 Å². The normalized spacial score (nSPS) is 9.39. The van der Waals surface area contributed by atoms with Gasteiger partial charge in [0.25, 0.3) is 0 Å². The Hall–Kier alpha value is -1.90. The molecule has 0 atom stereocenters. The second-order valence-electron chi connectivity index (χ2n) is 4.02. The lowest BCUT2D eigenvalue weighted by atomic mass is 10.1. The first-order valence-corrected chi connectivity index (χ1v) is 6.28. The number of hydrogen-bond donors (Lipinski definition) is 1. The van der Waals surface area contributed by atoms with Gasteiger partial charge >= 0.3 is 0 Å². The highest BCUT2D eigenvalue weighted by Crippen LogP contribution is 2.16. The first-order chi connectivity index (χ1) is 8.63. The van der Waals surface area contributed by atoms with Gasteiger partial charge in [-0.05, 0) is 50.1 Å². The van der Waals surface area contributed by atoms with Gasteiger partial charge in [-0.2, -0.15) is 0 Å². The molecule has 3 nitrogen and oxygen atoms in total. The third kappa shape index (κ3) is 4.17. The molecule has 1 aromatic carbocycles. The lowest BCUT2D eigenvalue weighted by Crippen LogP contribution is -1.98. The van der Waals surface area contributed by atoms with E-state index in [-0.39, 0.29) is 0 Å². The van der Waals surface area contributed by atoms with E-state index in [1.54, 1.807) is 6.20 Å². The van der Waals surface area contributed by atoms with Crippen molar-refractivity contribution in [2.75, 3.05) is 5.32 Å². The minimum absolute atomic E-state index is 0.644. The van der Waals surface area contributed by atoms with Crippen LogP contribution in [0.25, 0.3) is 0 Å².